The first-order valence-corrected chi connectivity index (χ1v) is 10.2. The van der Waals surface area contributed by atoms with E-state index >= 15 is 0 Å². The molecule has 29 heavy (non-hydrogen) atoms. The second-order valence-corrected chi connectivity index (χ2v) is 8.01. The molecule has 1 aliphatic carbocycles. The molecule has 0 bridgehead atoms. The Bertz CT molecular complexity index is 732. The molecule has 1 saturated carbocycles. The number of carbonyl (C=O) groups excluding carboxylic acids is 1. The molecular formula is C22H34IN5O. The van der Waals surface area contributed by atoms with E-state index in [1.54, 1.807) is 11.9 Å². The van der Waals surface area contributed by atoms with Crippen molar-refractivity contribution in [3.8, 4) is 0 Å². The van der Waals surface area contributed by atoms with Crippen LogP contribution in [-0.2, 0) is 11.3 Å². The van der Waals surface area contributed by atoms with Gasteiger partial charge in [-0.05, 0) is 30.5 Å². The van der Waals surface area contributed by atoms with E-state index in [-0.39, 0.29) is 35.3 Å². The number of halogens is 1. The van der Waals surface area contributed by atoms with Gasteiger partial charge in [-0.3, -0.25) is 9.79 Å². The molecule has 0 spiro atoms. The van der Waals surface area contributed by atoms with E-state index in [1.807, 2.05) is 14.1 Å². The van der Waals surface area contributed by atoms with E-state index in [1.165, 1.54) is 11.3 Å². The molecule has 1 fully saturated rings. The third-order valence-electron chi connectivity index (χ3n) is 5.79. The van der Waals surface area contributed by atoms with Gasteiger partial charge in [0.2, 0.25) is 5.91 Å². The lowest BCUT2D eigenvalue weighted by Crippen LogP contribution is -2.49. The van der Waals surface area contributed by atoms with Gasteiger partial charge in [-0.25, -0.2) is 0 Å². The molecular weight excluding hydrogens is 477 g/mol. The topological polar surface area (TPSA) is 60.0 Å². The monoisotopic (exact) mass is 511 g/mol. The zero-order chi connectivity index (χ0) is 20.0. The summed E-state index contributed by atoms with van der Waals surface area (Å²) < 4.78 is 0. The van der Waals surface area contributed by atoms with Gasteiger partial charge in [-0.15, -0.1) is 24.0 Å². The van der Waals surface area contributed by atoms with Crippen molar-refractivity contribution in [2.75, 3.05) is 45.7 Å². The van der Waals surface area contributed by atoms with Crippen LogP contribution in [0.15, 0.2) is 41.4 Å². The van der Waals surface area contributed by atoms with Crippen molar-refractivity contribution in [3.05, 3.63) is 42.0 Å². The van der Waals surface area contributed by atoms with Crippen LogP contribution < -0.4 is 15.5 Å². The molecule has 2 aliphatic rings. The molecule has 0 radical (unpaired) electrons. The predicted octanol–water partition coefficient (Wildman–Crippen LogP) is 2.99. The summed E-state index contributed by atoms with van der Waals surface area (Å²) in [5.41, 5.74) is 2.16. The van der Waals surface area contributed by atoms with Gasteiger partial charge < -0.3 is 20.4 Å². The molecule has 2 N–H and O–H groups in total. The van der Waals surface area contributed by atoms with Gasteiger partial charge in [0.15, 0.2) is 5.96 Å². The fraction of sp³-hybridized carbons (Fsp3) is 0.545. The van der Waals surface area contributed by atoms with Gasteiger partial charge in [-0.1, -0.05) is 37.1 Å². The van der Waals surface area contributed by atoms with Gasteiger partial charge >= 0.3 is 0 Å². The minimum atomic E-state index is -0.302. The van der Waals surface area contributed by atoms with E-state index in [0.29, 0.717) is 13.1 Å². The summed E-state index contributed by atoms with van der Waals surface area (Å²) in [6.07, 6.45) is 8.52. The van der Waals surface area contributed by atoms with Crippen LogP contribution in [-0.4, -0.2) is 57.5 Å². The maximum absolute atomic E-state index is 12.7. The number of amides is 1. The van der Waals surface area contributed by atoms with Crippen LogP contribution in [0.2, 0.25) is 0 Å². The molecule has 160 valence electrons. The highest BCUT2D eigenvalue weighted by Crippen LogP contribution is 2.38. The van der Waals surface area contributed by atoms with E-state index in [4.69, 9.17) is 0 Å². The number of aliphatic imine (C=N–C) groups is 1. The number of nitrogens with zero attached hydrogens (tertiary/aromatic N) is 3. The fourth-order valence-corrected chi connectivity index (χ4v) is 4.20. The van der Waals surface area contributed by atoms with Crippen LogP contribution in [0.4, 0.5) is 5.69 Å². The van der Waals surface area contributed by atoms with Crippen molar-refractivity contribution in [1.29, 1.82) is 0 Å². The molecule has 1 heterocycles. The lowest BCUT2D eigenvalue weighted by molar-refractivity contribution is -0.138. The van der Waals surface area contributed by atoms with Crippen molar-refractivity contribution >= 4 is 41.5 Å². The third kappa shape index (κ3) is 5.87. The van der Waals surface area contributed by atoms with E-state index in [0.717, 1.165) is 44.7 Å². The summed E-state index contributed by atoms with van der Waals surface area (Å²) in [4.78, 5) is 21.1. The molecule has 1 aromatic rings. The first kappa shape index (κ1) is 23.5. The van der Waals surface area contributed by atoms with Crippen LogP contribution >= 0.6 is 24.0 Å². The van der Waals surface area contributed by atoms with Crippen LogP contribution in [0.1, 0.15) is 31.2 Å². The minimum absolute atomic E-state index is 0. The number of anilines is 1. The Kier molecular flexibility index (Phi) is 8.79. The quantitative estimate of drug-likeness (QED) is 0.267. The van der Waals surface area contributed by atoms with Crippen LogP contribution in [0.3, 0.4) is 0 Å². The maximum atomic E-state index is 12.7. The molecule has 1 amide bonds. The largest absolute Gasteiger partial charge is 0.364 e. The van der Waals surface area contributed by atoms with Crippen molar-refractivity contribution in [2.45, 2.75) is 32.2 Å². The summed E-state index contributed by atoms with van der Waals surface area (Å²) in [5.74, 6) is 0.964. The van der Waals surface area contributed by atoms with Crippen molar-refractivity contribution in [1.82, 2.24) is 15.5 Å². The number of guanidine groups is 1. The molecule has 3 rings (SSSR count). The highest BCUT2D eigenvalue weighted by molar-refractivity contribution is 14.0. The molecule has 6 nitrogen and oxygen atoms in total. The summed E-state index contributed by atoms with van der Waals surface area (Å²) >= 11 is 0. The van der Waals surface area contributed by atoms with Crippen LogP contribution in [0, 0.1) is 5.41 Å². The lowest BCUT2D eigenvalue weighted by Gasteiger charge is -2.31. The summed E-state index contributed by atoms with van der Waals surface area (Å²) in [6.45, 7) is 3.27. The Balaban J connectivity index is 0.00000300. The Labute approximate surface area is 191 Å². The molecule has 0 aromatic heterocycles. The second kappa shape index (κ2) is 10.8. The Morgan fingerprint density at radius 2 is 1.86 bits per heavy atom. The standard InChI is InChI=1S/C22H33N5O.HI/c1-23-21(25-17-22(11-4-5-12-22)20(28)26(2)3)24-16-18-9-8-10-19(15-18)27-13-6-7-14-27;/h6-10,15H,4-5,11-14,16-17H2,1-3H3,(H2,23,24,25);1H. The second-order valence-electron chi connectivity index (χ2n) is 8.01. The average molecular weight is 511 g/mol. The first-order valence-electron chi connectivity index (χ1n) is 10.2. The normalized spacial score (nSPS) is 17.8. The molecule has 0 atom stereocenters. The predicted molar refractivity (Wildman–Crippen MR) is 131 cm³/mol. The molecule has 7 heteroatoms. The SMILES string of the molecule is CN=C(NCc1cccc(N2CC=CC2)c1)NCC1(C(=O)N(C)C)CCCC1.I. The van der Waals surface area contributed by atoms with E-state index < -0.39 is 0 Å². The zero-order valence-corrected chi connectivity index (χ0v) is 20.1. The van der Waals surface area contributed by atoms with Crippen molar-refractivity contribution < 1.29 is 4.79 Å². The van der Waals surface area contributed by atoms with E-state index in [9.17, 15) is 4.79 Å². The van der Waals surface area contributed by atoms with Crippen molar-refractivity contribution in [2.24, 2.45) is 10.4 Å². The first-order chi connectivity index (χ1) is 13.5. The van der Waals surface area contributed by atoms with Gasteiger partial charge in [-0.2, -0.15) is 0 Å². The van der Waals surface area contributed by atoms with Gasteiger partial charge in [0.05, 0.1) is 5.41 Å². The highest BCUT2D eigenvalue weighted by Gasteiger charge is 2.42. The van der Waals surface area contributed by atoms with Crippen molar-refractivity contribution in [3.63, 3.8) is 0 Å². The van der Waals surface area contributed by atoms with E-state index in [2.05, 4.69) is 56.9 Å². The Hall–Kier alpha value is -1.77. The van der Waals surface area contributed by atoms with Gasteiger partial charge in [0.1, 0.15) is 0 Å². The summed E-state index contributed by atoms with van der Waals surface area (Å²) in [7, 11) is 5.47. The number of carbonyl (C=O) groups is 1. The molecule has 1 aliphatic heterocycles. The number of nitrogens with one attached hydrogen (secondary N) is 2. The van der Waals surface area contributed by atoms with Gasteiger partial charge in [0, 0.05) is 53.0 Å². The number of rotatable bonds is 6. The fourth-order valence-electron chi connectivity index (χ4n) is 4.20. The zero-order valence-electron chi connectivity index (χ0n) is 17.8. The summed E-state index contributed by atoms with van der Waals surface area (Å²) in [6, 6.07) is 8.60. The molecule has 0 saturated heterocycles. The minimum Gasteiger partial charge on any atom is -0.364 e. The molecule has 0 unspecified atom stereocenters. The average Bonchev–Trinajstić information content (AvgIpc) is 3.40. The smallest absolute Gasteiger partial charge is 0.230 e. The number of benzene rings is 1. The maximum Gasteiger partial charge on any atom is 0.230 e. The van der Waals surface area contributed by atoms with Crippen LogP contribution in [0.25, 0.3) is 0 Å². The Morgan fingerprint density at radius 3 is 2.48 bits per heavy atom. The number of hydrogen-bond donors (Lipinski definition) is 2. The van der Waals surface area contributed by atoms with Gasteiger partial charge in [0.25, 0.3) is 0 Å². The summed E-state index contributed by atoms with van der Waals surface area (Å²) in [5, 5.41) is 6.79. The Morgan fingerprint density at radius 1 is 1.17 bits per heavy atom. The third-order valence-corrected chi connectivity index (χ3v) is 5.79. The lowest BCUT2D eigenvalue weighted by atomic mass is 9.84. The van der Waals surface area contributed by atoms with Crippen LogP contribution in [0.5, 0.6) is 0 Å². The number of hydrogen-bond acceptors (Lipinski definition) is 3. The molecule has 1 aromatic carbocycles. The highest BCUT2D eigenvalue weighted by atomic mass is 127.